The number of hydrogen-bond acceptors (Lipinski definition) is 3. The Hall–Kier alpha value is -1.49. The molecule has 3 nitrogen and oxygen atoms in total. The molecule has 1 heterocycles. The lowest BCUT2D eigenvalue weighted by atomic mass is 10.1. The Bertz CT molecular complexity index is 422. The third-order valence-corrected chi connectivity index (χ3v) is 3.12. The highest BCUT2D eigenvalue weighted by Gasteiger charge is 2.52. The summed E-state index contributed by atoms with van der Waals surface area (Å²) in [6, 6.07) is 9.36. The van der Waals surface area contributed by atoms with Crippen LogP contribution in [0.2, 0.25) is 0 Å². The summed E-state index contributed by atoms with van der Waals surface area (Å²) in [5.74, 6) is -5.20. The van der Waals surface area contributed by atoms with Gasteiger partial charge in [-0.1, -0.05) is 30.3 Å². The van der Waals surface area contributed by atoms with Gasteiger partial charge in [0.1, 0.15) is 5.92 Å². The number of nitrogens with zero attached hydrogens (tertiary/aromatic N) is 1. The zero-order valence-corrected chi connectivity index (χ0v) is 10.1. The molecule has 0 saturated carbocycles. The first kappa shape index (κ1) is 13.0. The minimum absolute atomic E-state index is 0.0363. The smallest absolute Gasteiger partial charge is 0.316 e. The highest BCUT2D eigenvalue weighted by atomic mass is 19.3. The van der Waals surface area contributed by atoms with Gasteiger partial charge in [-0.3, -0.25) is 9.69 Å². The van der Waals surface area contributed by atoms with Gasteiger partial charge < -0.3 is 4.74 Å². The summed E-state index contributed by atoms with van der Waals surface area (Å²) >= 11 is 0. The summed E-state index contributed by atoms with van der Waals surface area (Å²) in [6.45, 7) is 0.0557. The fraction of sp³-hybridized carbons (Fsp3) is 0.462. The van der Waals surface area contributed by atoms with Crippen LogP contribution in [0.5, 0.6) is 0 Å². The second kappa shape index (κ2) is 5.02. The Morgan fingerprint density at radius 3 is 2.72 bits per heavy atom. The maximum Gasteiger partial charge on any atom is 0.316 e. The van der Waals surface area contributed by atoms with Gasteiger partial charge in [0.15, 0.2) is 0 Å². The molecule has 1 saturated heterocycles. The summed E-state index contributed by atoms with van der Waals surface area (Å²) in [5, 5.41) is 0. The van der Waals surface area contributed by atoms with Crippen molar-refractivity contribution in [3.05, 3.63) is 35.9 Å². The van der Waals surface area contributed by atoms with Crippen LogP contribution in [0.25, 0.3) is 0 Å². The summed E-state index contributed by atoms with van der Waals surface area (Å²) < 4.78 is 31.7. The molecule has 0 bridgehead atoms. The minimum atomic E-state index is -3.01. The number of esters is 1. The molecule has 5 heteroatoms. The molecule has 1 aliphatic heterocycles. The van der Waals surface area contributed by atoms with Crippen LogP contribution in [0.4, 0.5) is 8.78 Å². The number of methoxy groups -OCH3 is 1. The van der Waals surface area contributed by atoms with Gasteiger partial charge in [0.25, 0.3) is 5.92 Å². The molecule has 98 valence electrons. The van der Waals surface area contributed by atoms with Crippen LogP contribution in [0.3, 0.4) is 0 Å². The lowest BCUT2D eigenvalue weighted by molar-refractivity contribution is -0.155. The highest BCUT2D eigenvalue weighted by Crippen LogP contribution is 2.34. The van der Waals surface area contributed by atoms with E-state index in [1.807, 2.05) is 30.3 Å². The van der Waals surface area contributed by atoms with Gasteiger partial charge in [-0.05, 0) is 5.56 Å². The number of likely N-dealkylation sites (tertiary alicyclic amines) is 1. The Balaban J connectivity index is 2.04. The maximum atomic E-state index is 13.7. The van der Waals surface area contributed by atoms with Gasteiger partial charge in [-0.25, -0.2) is 8.78 Å². The van der Waals surface area contributed by atoms with E-state index in [1.165, 1.54) is 0 Å². The molecule has 0 radical (unpaired) electrons. The number of rotatable bonds is 3. The number of carbonyl (C=O) groups excluding carboxylic acids is 1. The van der Waals surface area contributed by atoms with Crippen LogP contribution in [0.1, 0.15) is 5.56 Å². The summed E-state index contributed by atoms with van der Waals surface area (Å²) in [7, 11) is 1.14. The molecular weight excluding hydrogens is 240 g/mol. The molecular formula is C13H15F2NO2. The average Bonchev–Trinajstić information content (AvgIpc) is 2.64. The first-order valence-electron chi connectivity index (χ1n) is 5.75. The third kappa shape index (κ3) is 2.67. The largest absolute Gasteiger partial charge is 0.469 e. The normalized spacial score (nSPS) is 22.9. The van der Waals surface area contributed by atoms with Crippen molar-refractivity contribution in [2.75, 3.05) is 20.2 Å². The lowest BCUT2D eigenvalue weighted by Crippen LogP contribution is -2.33. The van der Waals surface area contributed by atoms with Gasteiger partial charge in [-0.15, -0.1) is 0 Å². The topological polar surface area (TPSA) is 29.5 Å². The van der Waals surface area contributed by atoms with E-state index in [1.54, 1.807) is 4.90 Å². The van der Waals surface area contributed by atoms with E-state index < -0.39 is 24.4 Å². The van der Waals surface area contributed by atoms with Crippen molar-refractivity contribution in [1.29, 1.82) is 0 Å². The fourth-order valence-electron chi connectivity index (χ4n) is 2.22. The average molecular weight is 255 g/mol. The standard InChI is InChI=1S/C13H15F2NO2/c1-18-12(17)11-8-16(9-13(11,14)15)7-10-5-3-2-4-6-10/h2-6,11H,7-9H2,1H3. The minimum Gasteiger partial charge on any atom is -0.469 e. The molecule has 1 aromatic rings. The lowest BCUT2D eigenvalue weighted by Gasteiger charge is -2.15. The molecule has 1 fully saturated rings. The highest BCUT2D eigenvalue weighted by molar-refractivity contribution is 5.74. The summed E-state index contributed by atoms with van der Waals surface area (Å²) in [6.07, 6.45) is 0. The van der Waals surface area contributed by atoms with E-state index in [-0.39, 0.29) is 6.54 Å². The predicted octanol–water partition coefficient (Wildman–Crippen LogP) is 1.93. The van der Waals surface area contributed by atoms with Crippen LogP contribution in [0, 0.1) is 5.92 Å². The number of ether oxygens (including phenoxy) is 1. The Morgan fingerprint density at radius 1 is 1.44 bits per heavy atom. The number of carbonyl (C=O) groups is 1. The van der Waals surface area contributed by atoms with Gasteiger partial charge in [0.05, 0.1) is 13.7 Å². The quantitative estimate of drug-likeness (QED) is 0.773. The van der Waals surface area contributed by atoms with Gasteiger partial charge in [0.2, 0.25) is 0 Å². The monoisotopic (exact) mass is 255 g/mol. The van der Waals surface area contributed by atoms with E-state index in [9.17, 15) is 13.6 Å². The number of hydrogen-bond donors (Lipinski definition) is 0. The van der Waals surface area contributed by atoms with Crippen LogP contribution in [-0.2, 0) is 16.1 Å². The molecule has 0 N–H and O–H groups in total. The first-order chi connectivity index (χ1) is 8.53. The molecule has 1 aliphatic rings. The zero-order chi connectivity index (χ0) is 13.2. The van der Waals surface area contributed by atoms with Crippen molar-refractivity contribution in [3.63, 3.8) is 0 Å². The summed E-state index contributed by atoms with van der Waals surface area (Å²) in [4.78, 5) is 12.9. The number of benzene rings is 1. The SMILES string of the molecule is COC(=O)C1CN(Cc2ccccc2)CC1(F)F. The van der Waals surface area contributed by atoms with Crippen molar-refractivity contribution in [3.8, 4) is 0 Å². The Morgan fingerprint density at radius 2 is 2.11 bits per heavy atom. The molecule has 0 aromatic heterocycles. The van der Waals surface area contributed by atoms with Crippen LogP contribution < -0.4 is 0 Å². The molecule has 1 aromatic carbocycles. The van der Waals surface area contributed by atoms with E-state index in [0.717, 1.165) is 12.7 Å². The van der Waals surface area contributed by atoms with Gasteiger partial charge >= 0.3 is 5.97 Å². The fourth-order valence-corrected chi connectivity index (χ4v) is 2.22. The molecule has 0 spiro atoms. The van der Waals surface area contributed by atoms with Gasteiger partial charge in [-0.2, -0.15) is 0 Å². The van der Waals surface area contributed by atoms with Gasteiger partial charge in [0, 0.05) is 13.1 Å². The van der Waals surface area contributed by atoms with Crippen LogP contribution in [0.15, 0.2) is 30.3 Å². The van der Waals surface area contributed by atoms with Crippen molar-refractivity contribution in [2.45, 2.75) is 12.5 Å². The third-order valence-electron chi connectivity index (χ3n) is 3.12. The van der Waals surface area contributed by atoms with Crippen molar-refractivity contribution in [2.24, 2.45) is 5.92 Å². The first-order valence-corrected chi connectivity index (χ1v) is 5.75. The van der Waals surface area contributed by atoms with E-state index in [2.05, 4.69) is 4.74 Å². The van der Waals surface area contributed by atoms with Crippen molar-refractivity contribution in [1.82, 2.24) is 4.90 Å². The Kier molecular flexibility index (Phi) is 3.61. The number of halogens is 2. The van der Waals surface area contributed by atoms with Crippen LogP contribution >= 0.6 is 0 Å². The summed E-state index contributed by atoms with van der Waals surface area (Å²) in [5.41, 5.74) is 0.957. The predicted molar refractivity (Wildman–Crippen MR) is 62.2 cm³/mol. The van der Waals surface area contributed by atoms with E-state index in [0.29, 0.717) is 6.54 Å². The second-order valence-electron chi connectivity index (χ2n) is 4.49. The van der Waals surface area contributed by atoms with E-state index >= 15 is 0 Å². The molecule has 0 aliphatic carbocycles. The Labute approximate surface area is 104 Å². The molecule has 1 unspecified atom stereocenters. The number of alkyl halides is 2. The second-order valence-corrected chi connectivity index (χ2v) is 4.49. The van der Waals surface area contributed by atoms with E-state index in [4.69, 9.17) is 0 Å². The van der Waals surface area contributed by atoms with Crippen molar-refractivity contribution < 1.29 is 18.3 Å². The van der Waals surface area contributed by atoms with Crippen LogP contribution in [-0.4, -0.2) is 37.0 Å². The molecule has 18 heavy (non-hydrogen) atoms. The van der Waals surface area contributed by atoms with Crippen molar-refractivity contribution >= 4 is 5.97 Å². The molecule has 2 rings (SSSR count). The molecule has 1 atom stereocenters. The molecule has 0 amide bonds. The maximum absolute atomic E-state index is 13.7. The zero-order valence-electron chi connectivity index (χ0n) is 10.1.